The predicted octanol–water partition coefficient (Wildman–Crippen LogP) is 5.43. The van der Waals surface area contributed by atoms with Crippen molar-refractivity contribution in [2.45, 2.75) is 96.5 Å². The maximum absolute atomic E-state index is 10.5. The Morgan fingerprint density at radius 1 is 1.04 bits per heavy atom. The van der Waals surface area contributed by atoms with Gasteiger partial charge in [0.05, 0.1) is 6.10 Å². The lowest BCUT2D eigenvalue weighted by Crippen LogP contribution is -2.30. The Bertz CT molecular complexity index is 448. The van der Waals surface area contributed by atoms with Gasteiger partial charge in [-0.25, -0.2) is 0 Å². The van der Waals surface area contributed by atoms with Gasteiger partial charge in [-0.1, -0.05) is 26.2 Å². The van der Waals surface area contributed by atoms with Gasteiger partial charge in [-0.05, 0) is 62.7 Å². The molecule has 2 fully saturated rings. The summed E-state index contributed by atoms with van der Waals surface area (Å²) in [4.78, 5) is 10.5. The van der Waals surface area contributed by atoms with Crippen molar-refractivity contribution >= 4 is 5.97 Å². The lowest BCUT2D eigenvalue weighted by Gasteiger charge is -2.31. The van der Waals surface area contributed by atoms with E-state index in [-0.39, 0.29) is 0 Å². The molecule has 0 amide bonds. The summed E-state index contributed by atoms with van der Waals surface area (Å²) in [7, 11) is 0. The Morgan fingerprint density at radius 3 is 2.64 bits per heavy atom. The lowest BCUT2D eigenvalue weighted by atomic mass is 9.82. The maximum Gasteiger partial charge on any atom is 0.303 e. The van der Waals surface area contributed by atoms with E-state index < -0.39 is 5.97 Å². The second-order valence-corrected chi connectivity index (χ2v) is 7.84. The fourth-order valence-electron chi connectivity index (χ4n) is 4.78. The molecule has 2 aliphatic rings. The molecule has 0 aliphatic heterocycles. The Balaban J connectivity index is 1.60. The molecular formula is C22H36O3. The van der Waals surface area contributed by atoms with Gasteiger partial charge in [-0.2, -0.15) is 0 Å². The van der Waals surface area contributed by atoms with Gasteiger partial charge in [0.25, 0.3) is 0 Å². The third-order valence-electron chi connectivity index (χ3n) is 5.99. The summed E-state index contributed by atoms with van der Waals surface area (Å²) in [6, 6.07) is 0. The summed E-state index contributed by atoms with van der Waals surface area (Å²) < 4.78 is 6.34. The smallest absolute Gasteiger partial charge is 0.303 e. The van der Waals surface area contributed by atoms with Crippen LogP contribution in [0.4, 0.5) is 0 Å². The van der Waals surface area contributed by atoms with E-state index in [9.17, 15) is 4.79 Å². The highest BCUT2D eigenvalue weighted by molar-refractivity contribution is 5.66. The van der Waals surface area contributed by atoms with Crippen molar-refractivity contribution in [1.82, 2.24) is 0 Å². The predicted molar refractivity (Wildman–Crippen MR) is 101 cm³/mol. The van der Waals surface area contributed by atoms with Gasteiger partial charge in [-0.15, -0.1) is 11.8 Å². The first-order chi connectivity index (χ1) is 12.2. The standard InChI is InChI=1S/C22H36O3/c1-2-3-4-5-8-11-16-25-22-19-15-14-18(17-19)20(22)12-9-6-7-10-13-21(23)24/h18-20,22H,2,5-17H2,1H3,(H,23,24)/t18-,19+,20-,22+/m1/s1. The minimum absolute atomic E-state index is 0.322. The highest BCUT2D eigenvalue weighted by Gasteiger charge is 2.47. The van der Waals surface area contributed by atoms with E-state index in [1.54, 1.807) is 0 Å². The van der Waals surface area contributed by atoms with Gasteiger partial charge in [0.1, 0.15) is 0 Å². The van der Waals surface area contributed by atoms with E-state index in [0.29, 0.717) is 12.5 Å². The number of carboxylic acid groups (broad SMARTS) is 1. The van der Waals surface area contributed by atoms with Crippen molar-refractivity contribution in [2.75, 3.05) is 6.61 Å². The van der Waals surface area contributed by atoms with Crippen molar-refractivity contribution in [2.24, 2.45) is 17.8 Å². The minimum atomic E-state index is -0.665. The molecule has 2 rings (SSSR count). The molecule has 0 spiro atoms. The second kappa shape index (κ2) is 11.6. The molecule has 3 nitrogen and oxygen atoms in total. The van der Waals surface area contributed by atoms with Crippen molar-refractivity contribution in [3.63, 3.8) is 0 Å². The molecule has 2 saturated carbocycles. The Morgan fingerprint density at radius 2 is 1.84 bits per heavy atom. The van der Waals surface area contributed by atoms with Crippen LogP contribution in [0.15, 0.2) is 0 Å². The van der Waals surface area contributed by atoms with Crippen molar-refractivity contribution in [1.29, 1.82) is 0 Å². The van der Waals surface area contributed by atoms with E-state index >= 15 is 0 Å². The number of carbonyl (C=O) groups is 1. The molecule has 1 N–H and O–H groups in total. The second-order valence-electron chi connectivity index (χ2n) is 7.84. The van der Waals surface area contributed by atoms with Crippen molar-refractivity contribution in [3.8, 4) is 11.8 Å². The van der Waals surface area contributed by atoms with Crippen LogP contribution in [-0.2, 0) is 9.53 Å². The molecule has 0 saturated heterocycles. The number of ether oxygens (including phenoxy) is 1. The molecular weight excluding hydrogens is 312 g/mol. The number of unbranched alkanes of at least 4 members (excludes halogenated alkanes) is 5. The monoisotopic (exact) mass is 348 g/mol. The highest BCUT2D eigenvalue weighted by Crippen LogP contribution is 2.51. The highest BCUT2D eigenvalue weighted by atomic mass is 16.5. The lowest BCUT2D eigenvalue weighted by molar-refractivity contribution is -0.137. The van der Waals surface area contributed by atoms with E-state index in [4.69, 9.17) is 9.84 Å². The zero-order valence-electron chi connectivity index (χ0n) is 16.0. The summed E-state index contributed by atoms with van der Waals surface area (Å²) in [6.45, 7) is 2.99. The van der Waals surface area contributed by atoms with Crippen molar-refractivity contribution in [3.05, 3.63) is 0 Å². The SMILES string of the molecule is CCC#CCCCCO[C@H]1[C@H]2CC[C@H](C2)[C@H]1CCCCCCC(=O)O. The average Bonchev–Trinajstić information content (AvgIpc) is 3.19. The Labute approximate surface area is 153 Å². The molecule has 0 radical (unpaired) electrons. The van der Waals surface area contributed by atoms with E-state index in [1.807, 2.05) is 0 Å². The van der Waals surface area contributed by atoms with Crippen LogP contribution < -0.4 is 0 Å². The molecule has 3 heteroatoms. The fraction of sp³-hybridized carbons (Fsp3) is 0.864. The third kappa shape index (κ3) is 7.02. The molecule has 0 unspecified atom stereocenters. The first-order valence-electron chi connectivity index (χ1n) is 10.5. The van der Waals surface area contributed by atoms with Gasteiger partial charge in [0.2, 0.25) is 0 Å². The molecule has 4 atom stereocenters. The van der Waals surface area contributed by atoms with E-state index in [0.717, 1.165) is 62.9 Å². The largest absolute Gasteiger partial charge is 0.481 e. The zero-order valence-corrected chi connectivity index (χ0v) is 16.0. The van der Waals surface area contributed by atoms with Crippen LogP contribution in [0.3, 0.4) is 0 Å². The first-order valence-corrected chi connectivity index (χ1v) is 10.5. The summed E-state index contributed by atoms with van der Waals surface area (Å²) >= 11 is 0. The first kappa shape index (κ1) is 20.3. The molecule has 25 heavy (non-hydrogen) atoms. The maximum atomic E-state index is 10.5. The van der Waals surface area contributed by atoms with E-state index in [2.05, 4.69) is 18.8 Å². The van der Waals surface area contributed by atoms with Crippen LogP contribution in [0.25, 0.3) is 0 Å². The summed E-state index contributed by atoms with van der Waals surface area (Å²) in [5.41, 5.74) is 0. The van der Waals surface area contributed by atoms with Gasteiger partial charge < -0.3 is 9.84 Å². The summed E-state index contributed by atoms with van der Waals surface area (Å²) in [5.74, 6) is 8.14. The molecule has 2 bridgehead atoms. The Kier molecular flexibility index (Phi) is 9.40. The van der Waals surface area contributed by atoms with E-state index in [1.165, 1.54) is 38.5 Å². The average molecular weight is 349 g/mol. The fourth-order valence-corrected chi connectivity index (χ4v) is 4.78. The molecule has 2 aliphatic carbocycles. The van der Waals surface area contributed by atoms with Crippen LogP contribution in [0, 0.1) is 29.6 Å². The number of hydrogen-bond donors (Lipinski definition) is 1. The topological polar surface area (TPSA) is 46.5 Å². The van der Waals surface area contributed by atoms with Gasteiger partial charge in [0.15, 0.2) is 0 Å². The minimum Gasteiger partial charge on any atom is -0.481 e. The quantitative estimate of drug-likeness (QED) is 0.378. The van der Waals surface area contributed by atoms with Crippen LogP contribution in [0.5, 0.6) is 0 Å². The number of carboxylic acids is 1. The molecule has 142 valence electrons. The molecule has 0 aromatic rings. The number of fused-ring (bicyclic) bond motifs is 2. The molecule has 0 aromatic heterocycles. The van der Waals surface area contributed by atoms with Crippen LogP contribution in [0.2, 0.25) is 0 Å². The van der Waals surface area contributed by atoms with Gasteiger partial charge in [-0.3, -0.25) is 4.79 Å². The number of aliphatic carboxylic acids is 1. The Hall–Kier alpha value is -1.01. The van der Waals surface area contributed by atoms with Crippen LogP contribution in [-0.4, -0.2) is 23.8 Å². The zero-order chi connectivity index (χ0) is 17.9. The third-order valence-corrected chi connectivity index (χ3v) is 5.99. The number of rotatable bonds is 12. The normalized spacial score (nSPS) is 27.2. The van der Waals surface area contributed by atoms with Gasteiger partial charge >= 0.3 is 5.97 Å². The summed E-state index contributed by atoms with van der Waals surface area (Å²) in [6.07, 6.45) is 14.8. The van der Waals surface area contributed by atoms with Crippen LogP contribution in [0.1, 0.15) is 90.4 Å². The van der Waals surface area contributed by atoms with Gasteiger partial charge in [0, 0.05) is 25.9 Å². The summed E-state index contributed by atoms with van der Waals surface area (Å²) in [5, 5.41) is 8.69. The molecule has 0 aromatic carbocycles. The number of hydrogen-bond acceptors (Lipinski definition) is 2. The van der Waals surface area contributed by atoms with Crippen molar-refractivity contribution < 1.29 is 14.6 Å². The van der Waals surface area contributed by atoms with Crippen LogP contribution >= 0.6 is 0 Å². The molecule has 0 heterocycles.